The van der Waals surface area contributed by atoms with Gasteiger partial charge in [-0.15, -0.1) is 10.2 Å². The molecular weight excluding hydrogens is 538 g/mol. The predicted octanol–water partition coefficient (Wildman–Crippen LogP) is 6.81. The van der Waals surface area contributed by atoms with Gasteiger partial charge in [-0.05, 0) is 73.0 Å². The van der Waals surface area contributed by atoms with E-state index in [4.69, 9.17) is 18.6 Å². The fourth-order valence-electron chi connectivity index (χ4n) is 4.32. The van der Waals surface area contributed by atoms with Gasteiger partial charge >= 0.3 is 0 Å². The fourth-order valence-corrected chi connectivity index (χ4v) is 5.01. The third-order valence-corrected chi connectivity index (χ3v) is 7.41. The fraction of sp³-hybridized carbons (Fsp3) is 0.219. The van der Waals surface area contributed by atoms with E-state index in [1.165, 1.54) is 28.8 Å². The lowest BCUT2D eigenvalue weighted by Gasteiger charge is -2.07. The summed E-state index contributed by atoms with van der Waals surface area (Å²) in [6.07, 6.45) is 7.65. The molecule has 3 aromatic carbocycles. The first-order valence-corrected chi connectivity index (χ1v) is 14.3. The van der Waals surface area contributed by atoms with E-state index < -0.39 is 0 Å². The van der Waals surface area contributed by atoms with Crippen LogP contribution < -0.4 is 14.2 Å². The second-order valence-electron chi connectivity index (χ2n) is 9.20. The third kappa shape index (κ3) is 7.37. The molecule has 0 amide bonds. The highest BCUT2D eigenvalue weighted by atomic mass is 32.2. The molecule has 210 valence electrons. The Morgan fingerprint density at radius 2 is 1.80 bits per heavy atom. The highest BCUT2D eigenvalue weighted by Crippen LogP contribution is 2.26. The van der Waals surface area contributed by atoms with Crippen LogP contribution in [0.1, 0.15) is 33.8 Å². The van der Waals surface area contributed by atoms with E-state index >= 15 is 0 Å². The number of fused-ring (bicyclic) bond motifs is 1. The van der Waals surface area contributed by atoms with Gasteiger partial charge in [-0.3, -0.25) is 4.79 Å². The summed E-state index contributed by atoms with van der Waals surface area (Å²) in [6.45, 7) is 0.541. The third-order valence-electron chi connectivity index (χ3n) is 6.51. The maximum absolute atomic E-state index is 12.6. The van der Waals surface area contributed by atoms with Crippen molar-refractivity contribution in [1.82, 2.24) is 15.2 Å². The van der Waals surface area contributed by atoms with Gasteiger partial charge in [0.15, 0.2) is 5.78 Å². The summed E-state index contributed by atoms with van der Waals surface area (Å²) >= 11 is 1.52. The molecule has 0 spiro atoms. The number of benzene rings is 3. The van der Waals surface area contributed by atoms with E-state index in [0.717, 1.165) is 29.7 Å². The Bertz CT molecular complexity index is 1620. The molecular formula is C32H31N3O5S. The van der Waals surface area contributed by atoms with Gasteiger partial charge in [0, 0.05) is 46.5 Å². The van der Waals surface area contributed by atoms with Gasteiger partial charge in [0.05, 0.1) is 20.8 Å². The van der Waals surface area contributed by atoms with Gasteiger partial charge in [-0.1, -0.05) is 30.0 Å². The summed E-state index contributed by atoms with van der Waals surface area (Å²) in [6, 6.07) is 20.8. The minimum atomic E-state index is -0.105. The maximum atomic E-state index is 12.6. The van der Waals surface area contributed by atoms with Gasteiger partial charge in [-0.25, -0.2) is 0 Å². The Morgan fingerprint density at radius 3 is 2.63 bits per heavy atom. The summed E-state index contributed by atoms with van der Waals surface area (Å²) in [7, 11) is 3.18. The smallest absolute Gasteiger partial charge is 0.276 e. The normalized spacial score (nSPS) is 11.3. The number of methoxy groups -OCH3 is 2. The number of allylic oxidation sites excluding steroid dienone is 1. The van der Waals surface area contributed by atoms with Gasteiger partial charge < -0.3 is 23.6 Å². The molecule has 0 radical (unpaired) electrons. The van der Waals surface area contributed by atoms with E-state index in [9.17, 15) is 4.79 Å². The van der Waals surface area contributed by atoms with Crippen molar-refractivity contribution in [3.63, 3.8) is 0 Å². The van der Waals surface area contributed by atoms with Crippen LogP contribution in [0.2, 0.25) is 0 Å². The molecule has 0 aliphatic rings. The number of nitrogens with one attached hydrogen (secondary N) is 1. The number of carbonyl (C=O) groups is 1. The van der Waals surface area contributed by atoms with Crippen LogP contribution in [0.15, 0.2) is 88.6 Å². The van der Waals surface area contributed by atoms with Crippen LogP contribution >= 0.6 is 11.8 Å². The highest BCUT2D eigenvalue weighted by molar-refractivity contribution is 7.99. The van der Waals surface area contributed by atoms with Crippen LogP contribution in [-0.4, -0.2) is 47.5 Å². The average Bonchev–Trinajstić information content (AvgIpc) is 3.65. The van der Waals surface area contributed by atoms with E-state index in [0.29, 0.717) is 47.0 Å². The zero-order valence-corrected chi connectivity index (χ0v) is 23.8. The lowest BCUT2D eigenvalue weighted by molar-refractivity contribution is 0.104. The number of hydrogen-bond donors (Lipinski definition) is 1. The number of ether oxygens (including phenoxy) is 3. The lowest BCUT2D eigenvalue weighted by atomic mass is 10.1. The molecule has 2 heterocycles. The molecule has 0 saturated heterocycles. The first-order chi connectivity index (χ1) is 20.1. The Hall–Kier alpha value is -4.50. The quantitative estimate of drug-likeness (QED) is 0.0674. The van der Waals surface area contributed by atoms with E-state index in [2.05, 4.69) is 27.3 Å². The topological polar surface area (TPSA) is 99.5 Å². The second kappa shape index (κ2) is 13.7. The summed E-state index contributed by atoms with van der Waals surface area (Å²) in [5.74, 6) is 3.37. The molecule has 0 unspecified atom stereocenters. The first-order valence-electron chi connectivity index (χ1n) is 13.3. The molecule has 0 bridgehead atoms. The van der Waals surface area contributed by atoms with Crippen LogP contribution in [-0.2, 0) is 12.8 Å². The molecule has 0 atom stereocenters. The molecule has 9 heteroatoms. The average molecular weight is 570 g/mol. The number of para-hydroxylation sites is 1. The van der Waals surface area contributed by atoms with Gasteiger partial charge in [0.1, 0.15) is 17.2 Å². The van der Waals surface area contributed by atoms with Crippen molar-refractivity contribution in [2.75, 3.05) is 26.6 Å². The summed E-state index contributed by atoms with van der Waals surface area (Å²) in [5, 5.41) is 10.1. The van der Waals surface area contributed by atoms with Crippen LogP contribution in [0.25, 0.3) is 17.0 Å². The Labute approximate surface area is 242 Å². The number of nitrogens with zero attached hydrogens (tertiary/aromatic N) is 2. The minimum absolute atomic E-state index is 0.105. The highest BCUT2D eigenvalue weighted by Gasteiger charge is 2.10. The van der Waals surface area contributed by atoms with Crippen molar-refractivity contribution < 1.29 is 23.4 Å². The van der Waals surface area contributed by atoms with Crippen molar-refractivity contribution >= 4 is 34.5 Å². The van der Waals surface area contributed by atoms with Gasteiger partial charge in [-0.2, -0.15) is 0 Å². The molecule has 41 heavy (non-hydrogen) atoms. The number of aryl methyl sites for hydroxylation is 2. The number of ketones is 1. The molecule has 5 rings (SSSR count). The van der Waals surface area contributed by atoms with E-state index in [1.54, 1.807) is 50.6 Å². The van der Waals surface area contributed by atoms with Crippen molar-refractivity contribution in [3.05, 3.63) is 102 Å². The van der Waals surface area contributed by atoms with Crippen molar-refractivity contribution in [3.8, 4) is 17.2 Å². The van der Waals surface area contributed by atoms with Gasteiger partial charge in [0.2, 0.25) is 5.89 Å². The number of aromatic amines is 1. The second-order valence-corrected chi connectivity index (χ2v) is 10.2. The van der Waals surface area contributed by atoms with Crippen molar-refractivity contribution in [1.29, 1.82) is 0 Å². The van der Waals surface area contributed by atoms with Crippen LogP contribution in [0.5, 0.6) is 17.2 Å². The monoisotopic (exact) mass is 569 g/mol. The zero-order valence-electron chi connectivity index (χ0n) is 23.0. The predicted molar refractivity (Wildman–Crippen MR) is 160 cm³/mol. The SMILES string of the molecule is COc1ccc(/C=C/C(=O)c2ccc(OCCCSc3nnc(CCc4c[nH]c5ccccc45)o3)cc2)c(OC)c1. The molecule has 2 aromatic heterocycles. The standard InChI is InChI=1S/C32H31N3O5S/c1-37-26-15-10-23(30(20-26)38-2)11-16-29(36)22-8-13-25(14-9-22)39-18-5-19-41-32-35-34-31(40-32)17-12-24-21-33-28-7-4-3-6-27(24)28/h3-4,6-11,13-16,20-21,33H,5,12,17-19H2,1-2H3/b16-11+. The molecule has 0 fully saturated rings. The van der Waals surface area contributed by atoms with Gasteiger partial charge in [0.25, 0.3) is 5.22 Å². The number of hydrogen-bond acceptors (Lipinski definition) is 8. The first kappa shape index (κ1) is 28.0. The van der Waals surface area contributed by atoms with E-state index in [-0.39, 0.29) is 5.78 Å². The maximum Gasteiger partial charge on any atom is 0.276 e. The largest absolute Gasteiger partial charge is 0.497 e. The van der Waals surface area contributed by atoms with Crippen LogP contribution in [0, 0.1) is 0 Å². The number of rotatable bonds is 14. The lowest BCUT2D eigenvalue weighted by Crippen LogP contribution is -2.00. The minimum Gasteiger partial charge on any atom is -0.497 e. The summed E-state index contributed by atoms with van der Waals surface area (Å²) in [4.78, 5) is 15.9. The number of thioether (sulfide) groups is 1. The molecule has 1 N–H and O–H groups in total. The van der Waals surface area contributed by atoms with Crippen molar-refractivity contribution in [2.45, 2.75) is 24.5 Å². The summed E-state index contributed by atoms with van der Waals surface area (Å²) < 4.78 is 22.2. The summed E-state index contributed by atoms with van der Waals surface area (Å²) in [5.41, 5.74) is 3.75. The van der Waals surface area contributed by atoms with Crippen LogP contribution in [0.4, 0.5) is 0 Å². The Kier molecular flexibility index (Phi) is 9.38. The Morgan fingerprint density at radius 1 is 0.976 bits per heavy atom. The number of aromatic nitrogens is 3. The Balaban J connectivity index is 1.02. The van der Waals surface area contributed by atoms with Crippen LogP contribution in [0.3, 0.4) is 0 Å². The number of H-pyrrole nitrogens is 1. The van der Waals surface area contributed by atoms with E-state index in [1.807, 2.05) is 30.5 Å². The molecule has 0 saturated carbocycles. The molecule has 0 aliphatic carbocycles. The molecule has 0 aliphatic heterocycles. The van der Waals surface area contributed by atoms with Crippen molar-refractivity contribution in [2.24, 2.45) is 0 Å². The molecule has 8 nitrogen and oxygen atoms in total. The number of carbonyl (C=O) groups excluding carboxylic acids is 1. The molecule has 5 aromatic rings. The zero-order chi connectivity index (χ0) is 28.4.